The minimum absolute atomic E-state index is 0.352. The van der Waals surface area contributed by atoms with Crippen molar-refractivity contribution in [2.75, 3.05) is 6.61 Å². The molecule has 0 amide bonds. The molecule has 1 saturated carbocycles. The summed E-state index contributed by atoms with van der Waals surface area (Å²) < 4.78 is 11.3. The zero-order valence-corrected chi connectivity index (χ0v) is 20.4. The van der Waals surface area contributed by atoms with Gasteiger partial charge in [0.2, 0.25) is 0 Å². The van der Waals surface area contributed by atoms with Crippen molar-refractivity contribution in [2.45, 2.75) is 78.1 Å². The van der Waals surface area contributed by atoms with Gasteiger partial charge < -0.3 is 9.47 Å². The smallest absolute Gasteiger partial charge is 0.343 e. The van der Waals surface area contributed by atoms with Crippen LogP contribution >= 0.6 is 0 Å². The van der Waals surface area contributed by atoms with E-state index in [1.807, 2.05) is 36.4 Å². The van der Waals surface area contributed by atoms with Gasteiger partial charge in [-0.1, -0.05) is 70.2 Å². The summed E-state index contributed by atoms with van der Waals surface area (Å²) in [6.45, 7) is 4.99. The Bertz CT molecular complexity index is 843. The van der Waals surface area contributed by atoms with Crippen LogP contribution in [0, 0.1) is 11.8 Å². The van der Waals surface area contributed by atoms with Crippen LogP contribution in [0.5, 0.6) is 11.5 Å². The fourth-order valence-electron chi connectivity index (χ4n) is 4.61. The molecule has 0 aromatic heterocycles. The van der Waals surface area contributed by atoms with Crippen molar-refractivity contribution in [3.05, 3.63) is 71.8 Å². The lowest BCUT2D eigenvalue weighted by atomic mass is 9.79. The predicted molar refractivity (Wildman–Crippen MR) is 136 cm³/mol. The normalized spacial score (nSPS) is 18.4. The molecule has 2 aromatic carbocycles. The summed E-state index contributed by atoms with van der Waals surface area (Å²) in [4.78, 5) is 12.4. The van der Waals surface area contributed by atoms with Gasteiger partial charge >= 0.3 is 5.97 Å². The van der Waals surface area contributed by atoms with E-state index in [2.05, 4.69) is 26.0 Å². The van der Waals surface area contributed by atoms with E-state index in [0.717, 1.165) is 24.5 Å². The van der Waals surface area contributed by atoms with E-state index in [1.54, 1.807) is 12.1 Å². The van der Waals surface area contributed by atoms with Gasteiger partial charge in [0.25, 0.3) is 0 Å². The summed E-state index contributed by atoms with van der Waals surface area (Å²) in [5, 5.41) is 0. The first-order chi connectivity index (χ1) is 16.2. The van der Waals surface area contributed by atoms with Crippen molar-refractivity contribution >= 4 is 5.97 Å². The standard InChI is InChI=1S/C30H40O3/c1-3-5-6-9-25-11-13-26(14-12-25)10-7-23-32-28-21-17-27(18-22-28)30(31)33-29-19-15-24(8-4-2)16-20-29/h7,10,15-22,25-26H,3-6,8-9,11-14,23H2,1-2H3/t25-,26-. The quantitative estimate of drug-likeness (QED) is 0.142. The molecule has 0 heterocycles. The molecule has 0 radical (unpaired) electrons. The van der Waals surface area contributed by atoms with Gasteiger partial charge in [-0.15, -0.1) is 0 Å². The van der Waals surface area contributed by atoms with Gasteiger partial charge in [0.1, 0.15) is 18.1 Å². The Balaban J connectivity index is 1.37. The first-order valence-corrected chi connectivity index (χ1v) is 12.9. The van der Waals surface area contributed by atoms with Crippen molar-refractivity contribution in [1.82, 2.24) is 0 Å². The van der Waals surface area contributed by atoms with E-state index >= 15 is 0 Å². The molecule has 178 valence electrons. The molecule has 1 fully saturated rings. The Labute approximate surface area is 200 Å². The summed E-state index contributed by atoms with van der Waals surface area (Å²) in [5.41, 5.74) is 1.77. The Morgan fingerprint density at radius 2 is 1.58 bits per heavy atom. The van der Waals surface area contributed by atoms with E-state index in [0.29, 0.717) is 23.8 Å². The number of carbonyl (C=O) groups is 1. The van der Waals surface area contributed by atoms with Crippen LogP contribution in [-0.2, 0) is 6.42 Å². The second-order valence-corrected chi connectivity index (χ2v) is 9.32. The fraction of sp³-hybridized carbons (Fsp3) is 0.500. The van der Waals surface area contributed by atoms with Crippen LogP contribution in [-0.4, -0.2) is 12.6 Å². The second-order valence-electron chi connectivity index (χ2n) is 9.32. The Morgan fingerprint density at radius 3 is 2.24 bits per heavy atom. The third-order valence-corrected chi connectivity index (χ3v) is 6.62. The molecular weight excluding hydrogens is 408 g/mol. The van der Waals surface area contributed by atoms with E-state index in [4.69, 9.17) is 9.47 Å². The number of aryl methyl sites for hydroxylation is 1. The summed E-state index contributed by atoms with van der Waals surface area (Å²) in [5.74, 6) is 2.63. The van der Waals surface area contributed by atoms with Gasteiger partial charge in [-0.25, -0.2) is 4.79 Å². The van der Waals surface area contributed by atoms with Gasteiger partial charge in [-0.2, -0.15) is 0 Å². The highest BCUT2D eigenvalue weighted by molar-refractivity contribution is 5.91. The lowest BCUT2D eigenvalue weighted by Crippen LogP contribution is -2.13. The zero-order valence-electron chi connectivity index (χ0n) is 20.4. The molecule has 0 aliphatic heterocycles. The number of unbranched alkanes of at least 4 members (excludes halogenated alkanes) is 2. The van der Waals surface area contributed by atoms with Crippen molar-refractivity contribution in [1.29, 1.82) is 0 Å². The van der Waals surface area contributed by atoms with E-state index in [1.165, 1.54) is 56.9 Å². The number of ether oxygens (including phenoxy) is 2. The van der Waals surface area contributed by atoms with Crippen molar-refractivity contribution in [3.63, 3.8) is 0 Å². The maximum absolute atomic E-state index is 12.4. The van der Waals surface area contributed by atoms with Crippen LogP contribution in [0.1, 0.15) is 87.6 Å². The average Bonchev–Trinajstić information content (AvgIpc) is 2.85. The molecule has 0 spiro atoms. The van der Waals surface area contributed by atoms with E-state index < -0.39 is 0 Å². The number of rotatable bonds is 12. The molecule has 0 atom stereocenters. The molecule has 1 aliphatic rings. The molecule has 0 saturated heterocycles. The molecule has 3 heteroatoms. The molecule has 3 rings (SSSR count). The Morgan fingerprint density at radius 1 is 0.879 bits per heavy atom. The highest BCUT2D eigenvalue weighted by Gasteiger charge is 2.18. The van der Waals surface area contributed by atoms with Crippen LogP contribution in [0.15, 0.2) is 60.7 Å². The number of hydrogen-bond acceptors (Lipinski definition) is 3. The summed E-state index contributed by atoms with van der Waals surface area (Å²) in [6.07, 6.45) is 17.5. The lowest BCUT2D eigenvalue weighted by Gasteiger charge is -2.26. The first-order valence-electron chi connectivity index (χ1n) is 12.9. The molecule has 3 nitrogen and oxygen atoms in total. The van der Waals surface area contributed by atoms with Crippen LogP contribution in [0.4, 0.5) is 0 Å². The minimum Gasteiger partial charge on any atom is -0.490 e. The Hall–Kier alpha value is -2.55. The predicted octanol–water partition coefficient (Wildman–Crippen LogP) is 8.18. The number of benzene rings is 2. The van der Waals surface area contributed by atoms with Gasteiger partial charge in [0.05, 0.1) is 5.56 Å². The van der Waals surface area contributed by atoms with Crippen LogP contribution in [0.3, 0.4) is 0 Å². The molecular formula is C30H40O3. The van der Waals surface area contributed by atoms with E-state index in [-0.39, 0.29) is 5.97 Å². The largest absolute Gasteiger partial charge is 0.490 e. The number of carbonyl (C=O) groups excluding carboxylic acids is 1. The van der Waals surface area contributed by atoms with E-state index in [9.17, 15) is 4.79 Å². The Kier molecular flexibility index (Phi) is 10.5. The lowest BCUT2D eigenvalue weighted by molar-refractivity contribution is 0.0734. The van der Waals surface area contributed by atoms with Gasteiger partial charge in [-0.05, 0) is 85.9 Å². The second kappa shape index (κ2) is 13.9. The maximum atomic E-state index is 12.4. The number of hydrogen-bond donors (Lipinski definition) is 0. The maximum Gasteiger partial charge on any atom is 0.343 e. The monoisotopic (exact) mass is 448 g/mol. The van der Waals surface area contributed by atoms with Crippen LogP contribution in [0.25, 0.3) is 0 Å². The van der Waals surface area contributed by atoms with Crippen molar-refractivity contribution in [3.8, 4) is 11.5 Å². The number of allylic oxidation sites excluding steroid dienone is 1. The van der Waals surface area contributed by atoms with Crippen LogP contribution < -0.4 is 9.47 Å². The van der Waals surface area contributed by atoms with Gasteiger partial charge in [0, 0.05) is 0 Å². The third kappa shape index (κ3) is 8.72. The average molecular weight is 449 g/mol. The molecule has 2 aromatic rings. The van der Waals surface area contributed by atoms with Gasteiger partial charge in [0.15, 0.2) is 0 Å². The third-order valence-electron chi connectivity index (χ3n) is 6.62. The summed E-state index contributed by atoms with van der Waals surface area (Å²) in [6, 6.07) is 14.9. The zero-order chi connectivity index (χ0) is 23.3. The molecule has 0 bridgehead atoms. The molecule has 33 heavy (non-hydrogen) atoms. The minimum atomic E-state index is -0.352. The summed E-state index contributed by atoms with van der Waals surface area (Å²) in [7, 11) is 0. The van der Waals surface area contributed by atoms with Crippen molar-refractivity contribution in [2.24, 2.45) is 11.8 Å². The topological polar surface area (TPSA) is 35.5 Å². The molecule has 0 unspecified atom stereocenters. The SMILES string of the molecule is CCCCC[C@H]1CC[C@H](C=CCOc2ccc(C(=O)Oc3ccc(CCC)cc3)cc2)CC1. The van der Waals surface area contributed by atoms with Gasteiger partial charge in [-0.3, -0.25) is 0 Å². The molecule has 0 N–H and O–H groups in total. The molecule has 1 aliphatic carbocycles. The highest BCUT2D eigenvalue weighted by atomic mass is 16.5. The number of esters is 1. The first kappa shape index (κ1) is 25.1. The highest BCUT2D eigenvalue weighted by Crippen LogP contribution is 2.32. The van der Waals surface area contributed by atoms with Crippen molar-refractivity contribution < 1.29 is 14.3 Å². The van der Waals surface area contributed by atoms with Crippen LogP contribution in [0.2, 0.25) is 0 Å². The fourth-order valence-corrected chi connectivity index (χ4v) is 4.61. The summed E-state index contributed by atoms with van der Waals surface area (Å²) >= 11 is 0.